The third-order valence-corrected chi connectivity index (χ3v) is 3.54. The number of likely N-dealkylation sites (N-methyl/N-ethyl adjacent to an activating group) is 1. The molecule has 0 spiro atoms. The van der Waals surface area contributed by atoms with Crippen LogP contribution in [0.15, 0.2) is 24.3 Å². The number of nitrogens with one attached hydrogen (secondary N) is 1. The fourth-order valence-corrected chi connectivity index (χ4v) is 2.52. The molecule has 0 bridgehead atoms. The molecule has 0 radical (unpaired) electrons. The van der Waals surface area contributed by atoms with Crippen molar-refractivity contribution in [3.63, 3.8) is 0 Å². The van der Waals surface area contributed by atoms with Gasteiger partial charge in [-0.25, -0.2) is 4.39 Å². The molecule has 21 heavy (non-hydrogen) atoms. The Balaban J connectivity index is 2.26. The highest BCUT2D eigenvalue weighted by Gasteiger charge is 2.16. The number of benzene rings is 1. The highest BCUT2D eigenvalue weighted by molar-refractivity contribution is 5.31. The van der Waals surface area contributed by atoms with Crippen LogP contribution in [-0.2, 0) is 13.5 Å². The minimum absolute atomic E-state index is 0.0465. The zero-order chi connectivity index (χ0) is 15.4. The zero-order valence-corrected chi connectivity index (χ0v) is 13.0. The van der Waals surface area contributed by atoms with Gasteiger partial charge in [0.15, 0.2) is 11.6 Å². The first-order valence-electron chi connectivity index (χ1n) is 7.11. The van der Waals surface area contributed by atoms with Crippen LogP contribution < -0.4 is 10.1 Å². The Kier molecular flexibility index (Phi) is 4.96. The van der Waals surface area contributed by atoms with E-state index in [0.717, 1.165) is 29.9 Å². The lowest BCUT2D eigenvalue weighted by Crippen LogP contribution is -2.24. The SMILES string of the molecule is CCNC(Cc1cc(C)nn1C)c1ccc(OC)c(F)c1. The van der Waals surface area contributed by atoms with Crippen LogP contribution >= 0.6 is 0 Å². The molecule has 1 aromatic heterocycles. The number of ether oxygens (including phenoxy) is 1. The molecule has 4 nitrogen and oxygen atoms in total. The average molecular weight is 291 g/mol. The fourth-order valence-electron chi connectivity index (χ4n) is 2.52. The standard InChI is InChI=1S/C16H22FN3O/c1-5-18-15(10-13-8-11(2)19-20(13)3)12-6-7-16(21-4)14(17)9-12/h6-9,15,18H,5,10H2,1-4H3. The molecule has 1 atom stereocenters. The molecular weight excluding hydrogens is 269 g/mol. The van der Waals surface area contributed by atoms with Gasteiger partial charge in [0, 0.05) is 25.2 Å². The Hall–Kier alpha value is -1.88. The molecule has 0 saturated carbocycles. The number of aryl methyl sites for hydroxylation is 2. The topological polar surface area (TPSA) is 39.1 Å². The zero-order valence-electron chi connectivity index (χ0n) is 13.0. The quantitative estimate of drug-likeness (QED) is 0.889. The van der Waals surface area contributed by atoms with Crippen LogP contribution in [0.2, 0.25) is 0 Å². The van der Waals surface area contributed by atoms with E-state index in [1.807, 2.05) is 31.6 Å². The van der Waals surface area contributed by atoms with Crippen molar-refractivity contribution in [1.29, 1.82) is 0 Å². The van der Waals surface area contributed by atoms with Gasteiger partial charge in [0.05, 0.1) is 12.8 Å². The van der Waals surface area contributed by atoms with Crippen molar-refractivity contribution in [2.75, 3.05) is 13.7 Å². The molecule has 1 N–H and O–H groups in total. The summed E-state index contributed by atoms with van der Waals surface area (Å²) in [6.07, 6.45) is 0.761. The normalized spacial score (nSPS) is 12.4. The summed E-state index contributed by atoms with van der Waals surface area (Å²) in [5.41, 5.74) is 3.02. The van der Waals surface area contributed by atoms with Crippen molar-refractivity contribution < 1.29 is 9.13 Å². The molecule has 2 rings (SSSR count). The second kappa shape index (κ2) is 6.72. The van der Waals surface area contributed by atoms with Gasteiger partial charge in [0.2, 0.25) is 0 Å². The Morgan fingerprint density at radius 2 is 2.14 bits per heavy atom. The summed E-state index contributed by atoms with van der Waals surface area (Å²) >= 11 is 0. The Morgan fingerprint density at radius 1 is 1.38 bits per heavy atom. The van der Waals surface area contributed by atoms with Gasteiger partial charge < -0.3 is 10.1 Å². The Bertz CT molecular complexity index is 610. The highest BCUT2D eigenvalue weighted by atomic mass is 19.1. The summed E-state index contributed by atoms with van der Waals surface area (Å²) in [5, 5.41) is 7.76. The van der Waals surface area contributed by atoms with Gasteiger partial charge in [-0.1, -0.05) is 13.0 Å². The number of aromatic nitrogens is 2. The lowest BCUT2D eigenvalue weighted by atomic mass is 10.0. The molecule has 1 unspecified atom stereocenters. The van der Waals surface area contributed by atoms with Gasteiger partial charge in [0.25, 0.3) is 0 Å². The fraction of sp³-hybridized carbons (Fsp3) is 0.438. The first-order valence-corrected chi connectivity index (χ1v) is 7.11. The first kappa shape index (κ1) is 15.5. The van der Waals surface area contributed by atoms with Crippen LogP contribution in [0.1, 0.15) is 29.9 Å². The summed E-state index contributed by atoms with van der Waals surface area (Å²) in [6.45, 7) is 4.83. The summed E-state index contributed by atoms with van der Waals surface area (Å²) in [7, 11) is 3.40. The van der Waals surface area contributed by atoms with Crippen LogP contribution in [0, 0.1) is 12.7 Å². The number of methoxy groups -OCH3 is 1. The van der Waals surface area contributed by atoms with E-state index in [4.69, 9.17) is 4.74 Å². The molecule has 1 aromatic carbocycles. The van der Waals surface area contributed by atoms with Crippen molar-refractivity contribution in [1.82, 2.24) is 15.1 Å². The second-order valence-corrected chi connectivity index (χ2v) is 5.11. The van der Waals surface area contributed by atoms with Crippen molar-refractivity contribution >= 4 is 0 Å². The summed E-state index contributed by atoms with van der Waals surface area (Å²) in [4.78, 5) is 0. The smallest absolute Gasteiger partial charge is 0.165 e. The molecule has 0 amide bonds. The van der Waals surface area contributed by atoms with Gasteiger partial charge in [0.1, 0.15) is 0 Å². The van der Waals surface area contributed by atoms with Crippen LogP contribution in [0.3, 0.4) is 0 Å². The third-order valence-electron chi connectivity index (χ3n) is 3.54. The number of halogens is 1. The molecule has 1 heterocycles. The minimum Gasteiger partial charge on any atom is -0.494 e. The van der Waals surface area contributed by atoms with E-state index in [-0.39, 0.29) is 17.6 Å². The van der Waals surface area contributed by atoms with Crippen LogP contribution in [-0.4, -0.2) is 23.4 Å². The lowest BCUT2D eigenvalue weighted by molar-refractivity contribution is 0.385. The number of hydrogen-bond donors (Lipinski definition) is 1. The molecule has 2 aromatic rings. The van der Waals surface area contributed by atoms with Crippen LogP contribution in [0.4, 0.5) is 4.39 Å². The van der Waals surface area contributed by atoms with Gasteiger partial charge in [-0.2, -0.15) is 5.10 Å². The Labute approximate surface area is 124 Å². The summed E-state index contributed by atoms with van der Waals surface area (Å²) in [6, 6.07) is 7.21. The van der Waals surface area contributed by atoms with E-state index in [1.165, 1.54) is 13.2 Å². The summed E-state index contributed by atoms with van der Waals surface area (Å²) < 4.78 is 20.7. The molecular formula is C16H22FN3O. The number of rotatable bonds is 6. The van der Waals surface area contributed by atoms with Crippen molar-refractivity contribution in [2.24, 2.45) is 7.05 Å². The Morgan fingerprint density at radius 3 is 2.67 bits per heavy atom. The van der Waals surface area contributed by atoms with E-state index >= 15 is 0 Å². The molecule has 0 aliphatic carbocycles. The average Bonchev–Trinajstić information content (AvgIpc) is 2.76. The highest BCUT2D eigenvalue weighted by Crippen LogP contribution is 2.24. The molecule has 0 aliphatic rings. The molecule has 0 saturated heterocycles. The monoisotopic (exact) mass is 291 g/mol. The lowest BCUT2D eigenvalue weighted by Gasteiger charge is -2.19. The van der Waals surface area contributed by atoms with Crippen LogP contribution in [0.25, 0.3) is 0 Å². The van der Waals surface area contributed by atoms with Gasteiger partial charge in [-0.05, 0) is 37.2 Å². The van der Waals surface area contributed by atoms with E-state index in [1.54, 1.807) is 6.07 Å². The van der Waals surface area contributed by atoms with E-state index in [0.29, 0.717) is 0 Å². The maximum Gasteiger partial charge on any atom is 0.165 e. The summed E-state index contributed by atoms with van der Waals surface area (Å²) in [5.74, 6) is -0.0653. The second-order valence-electron chi connectivity index (χ2n) is 5.11. The maximum atomic E-state index is 13.9. The van der Waals surface area contributed by atoms with E-state index in [2.05, 4.69) is 16.5 Å². The van der Waals surface area contributed by atoms with Crippen molar-refractivity contribution in [3.8, 4) is 5.75 Å². The van der Waals surface area contributed by atoms with E-state index in [9.17, 15) is 4.39 Å². The third kappa shape index (κ3) is 3.61. The van der Waals surface area contributed by atoms with Gasteiger partial charge in [-0.15, -0.1) is 0 Å². The minimum atomic E-state index is -0.334. The molecule has 0 aliphatic heterocycles. The predicted molar refractivity (Wildman–Crippen MR) is 81.0 cm³/mol. The van der Waals surface area contributed by atoms with Gasteiger partial charge >= 0.3 is 0 Å². The predicted octanol–water partition coefficient (Wildman–Crippen LogP) is 2.77. The van der Waals surface area contributed by atoms with E-state index < -0.39 is 0 Å². The molecule has 0 fully saturated rings. The van der Waals surface area contributed by atoms with Crippen molar-refractivity contribution in [2.45, 2.75) is 26.3 Å². The van der Waals surface area contributed by atoms with Crippen LogP contribution in [0.5, 0.6) is 5.75 Å². The largest absolute Gasteiger partial charge is 0.494 e. The number of nitrogens with zero attached hydrogens (tertiary/aromatic N) is 2. The molecule has 5 heteroatoms. The number of hydrogen-bond acceptors (Lipinski definition) is 3. The maximum absolute atomic E-state index is 13.9. The first-order chi connectivity index (χ1) is 10.0. The molecule has 114 valence electrons. The van der Waals surface area contributed by atoms with Gasteiger partial charge in [-0.3, -0.25) is 4.68 Å². The van der Waals surface area contributed by atoms with Crippen molar-refractivity contribution in [3.05, 3.63) is 47.0 Å².